The molecule has 0 unspecified atom stereocenters. The number of nitrogen functional groups attached to an aromatic ring is 1. The second-order valence-corrected chi connectivity index (χ2v) is 5.56. The van der Waals surface area contributed by atoms with Gasteiger partial charge in [0, 0.05) is 27.7 Å². The summed E-state index contributed by atoms with van der Waals surface area (Å²) in [5, 5.41) is 0. The van der Waals surface area contributed by atoms with Crippen LogP contribution in [-0.4, -0.2) is 12.9 Å². The van der Waals surface area contributed by atoms with Crippen LogP contribution in [0, 0.1) is 6.92 Å². The van der Waals surface area contributed by atoms with Crippen molar-refractivity contribution in [3.63, 3.8) is 0 Å². The first-order chi connectivity index (χ1) is 9.51. The number of hydrogen-bond donors (Lipinski definition) is 1. The summed E-state index contributed by atoms with van der Waals surface area (Å²) < 4.78 is 6.20. The largest absolute Gasteiger partial charge is 0.496 e. The first-order valence-corrected chi connectivity index (χ1v) is 7.02. The number of anilines is 1. The third kappa shape index (κ3) is 3.20. The summed E-state index contributed by atoms with van der Waals surface area (Å²) in [6.07, 6.45) is 0.260. The van der Waals surface area contributed by atoms with Gasteiger partial charge in [-0.2, -0.15) is 0 Å². The zero-order valence-corrected chi connectivity index (χ0v) is 13.0. The summed E-state index contributed by atoms with van der Waals surface area (Å²) in [7, 11) is 1.60. The molecule has 2 aromatic rings. The summed E-state index contributed by atoms with van der Waals surface area (Å²) in [5.74, 6) is 0.690. The van der Waals surface area contributed by atoms with Crippen LogP contribution in [0.5, 0.6) is 5.75 Å². The number of methoxy groups -OCH3 is 1. The SMILES string of the molecule is COc1ccc(Br)cc1CC(=O)c1cc(C)ccc1N. The Balaban J connectivity index is 2.32. The zero-order valence-electron chi connectivity index (χ0n) is 11.4. The number of aryl methyl sites for hydroxylation is 1. The van der Waals surface area contributed by atoms with Gasteiger partial charge in [-0.3, -0.25) is 4.79 Å². The molecule has 104 valence electrons. The third-order valence-corrected chi connectivity index (χ3v) is 3.60. The highest BCUT2D eigenvalue weighted by Crippen LogP contribution is 2.25. The summed E-state index contributed by atoms with van der Waals surface area (Å²) in [4.78, 5) is 12.4. The molecular formula is C16H16BrNO2. The Labute approximate surface area is 126 Å². The van der Waals surface area contributed by atoms with Gasteiger partial charge in [-0.1, -0.05) is 27.6 Å². The van der Waals surface area contributed by atoms with E-state index in [1.54, 1.807) is 13.2 Å². The Morgan fingerprint density at radius 1 is 1.25 bits per heavy atom. The number of hydrogen-bond acceptors (Lipinski definition) is 3. The van der Waals surface area contributed by atoms with E-state index in [2.05, 4.69) is 15.9 Å². The number of Topliss-reactive ketones (excluding diaryl/α,β-unsaturated/α-hetero) is 1. The van der Waals surface area contributed by atoms with Crippen LogP contribution >= 0.6 is 15.9 Å². The van der Waals surface area contributed by atoms with Crippen LogP contribution in [0.2, 0.25) is 0 Å². The monoisotopic (exact) mass is 333 g/mol. The van der Waals surface area contributed by atoms with Gasteiger partial charge in [-0.15, -0.1) is 0 Å². The molecule has 3 nitrogen and oxygen atoms in total. The van der Waals surface area contributed by atoms with E-state index in [1.165, 1.54) is 0 Å². The normalized spacial score (nSPS) is 10.3. The molecule has 20 heavy (non-hydrogen) atoms. The van der Waals surface area contributed by atoms with E-state index in [0.29, 0.717) is 17.0 Å². The summed E-state index contributed by atoms with van der Waals surface area (Å²) in [6.45, 7) is 1.94. The predicted molar refractivity (Wildman–Crippen MR) is 84.3 cm³/mol. The number of rotatable bonds is 4. The minimum Gasteiger partial charge on any atom is -0.496 e. The molecule has 2 aromatic carbocycles. The lowest BCUT2D eigenvalue weighted by molar-refractivity contribution is 0.0993. The lowest BCUT2D eigenvalue weighted by Crippen LogP contribution is -2.08. The maximum absolute atomic E-state index is 12.4. The quantitative estimate of drug-likeness (QED) is 0.684. The molecule has 0 aliphatic rings. The van der Waals surface area contributed by atoms with Crippen LogP contribution in [0.4, 0.5) is 5.69 Å². The Morgan fingerprint density at radius 3 is 2.70 bits per heavy atom. The Kier molecular flexibility index (Phi) is 4.45. The average Bonchev–Trinajstić information content (AvgIpc) is 2.41. The lowest BCUT2D eigenvalue weighted by Gasteiger charge is -2.10. The van der Waals surface area contributed by atoms with Crippen LogP contribution in [-0.2, 0) is 6.42 Å². The molecule has 0 radical (unpaired) electrons. The van der Waals surface area contributed by atoms with E-state index in [0.717, 1.165) is 15.6 Å². The van der Waals surface area contributed by atoms with Crippen molar-refractivity contribution in [1.82, 2.24) is 0 Å². The third-order valence-electron chi connectivity index (χ3n) is 3.10. The van der Waals surface area contributed by atoms with Gasteiger partial charge in [-0.25, -0.2) is 0 Å². The van der Waals surface area contributed by atoms with Gasteiger partial charge >= 0.3 is 0 Å². The van der Waals surface area contributed by atoms with Crippen molar-refractivity contribution >= 4 is 27.4 Å². The molecule has 0 fully saturated rings. The minimum atomic E-state index is -0.0115. The minimum absolute atomic E-state index is 0.0115. The first-order valence-electron chi connectivity index (χ1n) is 6.23. The van der Waals surface area contributed by atoms with Crippen molar-refractivity contribution in [1.29, 1.82) is 0 Å². The maximum atomic E-state index is 12.4. The Hall–Kier alpha value is -1.81. The van der Waals surface area contributed by atoms with E-state index >= 15 is 0 Å². The fourth-order valence-corrected chi connectivity index (χ4v) is 2.47. The van der Waals surface area contributed by atoms with Gasteiger partial charge in [0.1, 0.15) is 5.75 Å². The summed E-state index contributed by atoms with van der Waals surface area (Å²) in [5.41, 5.74) is 8.81. The molecule has 0 amide bonds. The fraction of sp³-hybridized carbons (Fsp3) is 0.188. The van der Waals surface area contributed by atoms with Crippen molar-refractivity contribution in [3.05, 3.63) is 57.6 Å². The fourth-order valence-electron chi connectivity index (χ4n) is 2.07. The molecule has 2 N–H and O–H groups in total. The van der Waals surface area contributed by atoms with Gasteiger partial charge in [0.15, 0.2) is 5.78 Å². The Morgan fingerprint density at radius 2 is 2.00 bits per heavy atom. The van der Waals surface area contributed by atoms with E-state index in [4.69, 9.17) is 10.5 Å². The van der Waals surface area contributed by atoms with Crippen molar-refractivity contribution < 1.29 is 9.53 Å². The summed E-state index contributed by atoms with van der Waals surface area (Å²) >= 11 is 3.41. The average molecular weight is 334 g/mol. The van der Waals surface area contributed by atoms with E-state index < -0.39 is 0 Å². The molecule has 0 bridgehead atoms. The van der Waals surface area contributed by atoms with Crippen molar-refractivity contribution in [2.45, 2.75) is 13.3 Å². The molecule has 0 saturated carbocycles. The highest BCUT2D eigenvalue weighted by molar-refractivity contribution is 9.10. The predicted octanol–water partition coefficient (Wildman–Crippen LogP) is 3.77. The van der Waals surface area contributed by atoms with Gasteiger partial charge in [0.05, 0.1) is 7.11 Å². The molecule has 0 aromatic heterocycles. The number of nitrogens with two attached hydrogens (primary N) is 1. The molecule has 0 aliphatic heterocycles. The molecular weight excluding hydrogens is 318 g/mol. The second-order valence-electron chi connectivity index (χ2n) is 4.65. The highest BCUT2D eigenvalue weighted by atomic mass is 79.9. The maximum Gasteiger partial charge on any atom is 0.169 e. The Bertz CT molecular complexity index is 653. The molecule has 0 saturated heterocycles. The number of carbonyl (C=O) groups excluding carboxylic acids is 1. The van der Waals surface area contributed by atoms with Gasteiger partial charge in [0.2, 0.25) is 0 Å². The number of ketones is 1. The molecule has 0 aliphatic carbocycles. The summed E-state index contributed by atoms with van der Waals surface area (Å²) in [6, 6.07) is 11.1. The number of carbonyl (C=O) groups is 1. The lowest BCUT2D eigenvalue weighted by atomic mass is 9.99. The molecule has 2 rings (SSSR count). The number of benzene rings is 2. The molecule has 0 spiro atoms. The number of halogens is 1. The number of ether oxygens (including phenoxy) is 1. The van der Waals surface area contributed by atoms with Gasteiger partial charge in [-0.05, 0) is 37.3 Å². The van der Waals surface area contributed by atoms with Gasteiger partial charge in [0.25, 0.3) is 0 Å². The standard InChI is InChI=1S/C16H16BrNO2/c1-10-3-5-14(18)13(7-10)15(19)9-11-8-12(17)4-6-16(11)20-2/h3-8H,9,18H2,1-2H3. The van der Waals surface area contributed by atoms with Gasteiger partial charge < -0.3 is 10.5 Å². The van der Waals surface area contributed by atoms with Crippen LogP contribution in [0.1, 0.15) is 21.5 Å². The molecule has 4 heteroatoms. The van der Waals surface area contributed by atoms with Crippen LogP contribution in [0.25, 0.3) is 0 Å². The van der Waals surface area contributed by atoms with Crippen molar-refractivity contribution in [3.8, 4) is 5.75 Å². The van der Waals surface area contributed by atoms with Crippen LogP contribution in [0.3, 0.4) is 0 Å². The van der Waals surface area contributed by atoms with Crippen LogP contribution in [0.15, 0.2) is 40.9 Å². The van der Waals surface area contributed by atoms with E-state index in [-0.39, 0.29) is 12.2 Å². The van der Waals surface area contributed by atoms with Crippen molar-refractivity contribution in [2.75, 3.05) is 12.8 Å². The van der Waals surface area contributed by atoms with E-state index in [9.17, 15) is 4.79 Å². The first kappa shape index (κ1) is 14.6. The molecule has 0 heterocycles. The zero-order chi connectivity index (χ0) is 14.7. The van der Waals surface area contributed by atoms with Crippen LogP contribution < -0.4 is 10.5 Å². The topological polar surface area (TPSA) is 52.3 Å². The molecule has 0 atom stereocenters. The van der Waals surface area contributed by atoms with E-state index in [1.807, 2.05) is 37.3 Å². The van der Waals surface area contributed by atoms with Crippen molar-refractivity contribution in [2.24, 2.45) is 0 Å². The highest BCUT2D eigenvalue weighted by Gasteiger charge is 2.14. The second kappa shape index (κ2) is 6.09. The smallest absolute Gasteiger partial charge is 0.169 e.